The average molecular weight is 237 g/mol. The highest BCUT2D eigenvalue weighted by Crippen LogP contribution is 2.10. The molecule has 1 N–H and O–H groups in total. The van der Waals surface area contributed by atoms with E-state index in [-0.39, 0.29) is 24.3 Å². The second-order valence-corrected chi connectivity index (χ2v) is 4.02. The number of nitrogens with one attached hydrogen (secondary N) is 1. The quantitative estimate of drug-likeness (QED) is 0.525. The summed E-state index contributed by atoms with van der Waals surface area (Å²) in [6, 6.07) is -0.358. The van der Waals surface area contributed by atoms with Gasteiger partial charge in [0.15, 0.2) is 0 Å². The molecule has 1 unspecified atom stereocenters. The lowest BCUT2D eigenvalue weighted by Crippen LogP contribution is -2.37. The number of nitrogens with zero attached hydrogens (tertiary/aromatic N) is 4. The van der Waals surface area contributed by atoms with Gasteiger partial charge in [-0.15, -0.1) is 5.10 Å². The molecule has 0 radical (unpaired) electrons. The zero-order valence-electron chi connectivity index (χ0n) is 9.67. The van der Waals surface area contributed by atoms with Crippen LogP contribution in [0.3, 0.4) is 0 Å². The van der Waals surface area contributed by atoms with Crippen LogP contribution in [0.5, 0.6) is 0 Å². The van der Waals surface area contributed by atoms with Crippen molar-refractivity contribution in [2.75, 3.05) is 13.6 Å². The highest BCUT2D eigenvalue weighted by atomic mass is 16.2. The first-order chi connectivity index (χ1) is 8.18. The Morgan fingerprint density at radius 2 is 2.35 bits per heavy atom. The monoisotopic (exact) mass is 237 g/mol. The fourth-order valence-corrected chi connectivity index (χ4v) is 1.78. The van der Waals surface area contributed by atoms with Crippen LogP contribution in [0.4, 0.5) is 0 Å². The summed E-state index contributed by atoms with van der Waals surface area (Å²) in [6.07, 6.45) is 4.52. The summed E-state index contributed by atoms with van der Waals surface area (Å²) < 4.78 is 1.73. The Bertz CT molecular complexity index is 403. The summed E-state index contributed by atoms with van der Waals surface area (Å²) in [5.74, 6) is -0.264. The lowest BCUT2D eigenvalue weighted by molar-refractivity contribution is -0.137. The second-order valence-electron chi connectivity index (χ2n) is 4.02. The SMILES string of the molecule is CN1C(=O)CC(NCCCn2ccnn2)C1=O. The topological polar surface area (TPSA) is 80.1 Å². The third-order valence-electron chi connectivity index (χ3n) is 2.81. The third kappa shape index (κ3) is 2.68. The van der Waals surface area contributed by atoms with Gasteiger partial charge < -0.3 is 5.32 Å². The van der Waals surface area contributed by atoms with Crippen LogP contribution in [-0.4, -0.2) is 51.3 Å². The van der Waals surface area contributed by atoms with Crippen LogP contribution >= 0.6 is 0 Å². The molecule has 1 aromatic heterocycles. The highest BCUT2D eigenvalue weighted by Gasteiger charge is 2.35. The van der Waals surface area contributed by atoms with Crippen LogP contribution in [0.2, 0.25) is 0 Å². The molecule has 17 heavy (non-hydrogen) atoms. The Hall–Kier alpha value is -1.76. The lowest BCUT2D eigenvalue weighted by atomic mass is 10.2. The number of carbonyl (C=O) groups is 2. The van der Waals surface area contributed by atoms with Crippen LogP contribution in [0.25, 0.3) is 0 Å². The van der Waals surface area contributed by atoms with Gasteiger partial charge >= 0.3 is 0 Å². The molecule has 1 aromatic rings. The Kier molecular flexibility index (Phi) is 3.48. The molecule has 0 saturated carbocycles. The molecule has 1 aliphatic heterocycles. The summed E-state index contributed by atoms with van der Waals surface area (Å²) in [6.45, 7) is 1.43. The van der Waals surface area contributed by atoms with Crippen molar-refractivity contribution in [2.24, 2.45) is 0 Å². The summed E-state index contributed by atoms with van der Waals surface area (Å²) in [5.41, 5.74) is 0. The third-order valence-corrected chi connectivity index (χ3v) is 2.81. The number of rotatable bonds is 5. The molecule has 1 fully saturated rings. The van der Waals surface area contributed by atoms with E-state index >= 15 is 0 Å². The number of hydrogen-bond donors (Lipinski definition) is 1. The van der Waals surface area contributed by atoms with E-state index in [0.717, 1.165) is 13.0 Å². The number of likely N-dealkylation sites (N-methyl/N-ethyl adjacent to an activating group) is 1. The molecule has 2 amide bonds. The minimum Gasteiger partial charge on any atom is -0.305 e. The largest absolute Gasteiger partial charge is 0.305 e. The number of aromatic nitrogens is 3. The Morgan fingerprint density at radius 3 is 2.94 bits per heavy atom. The zero-order valence-corrected chi connectivity index (χ0v) is 9.67. The van der Waals surface area contributed by atoms with Crippen molar-refractivity contribution in [1.29, 1.82) is 0 Å². The maximum Gasteiger partial charge on any atom is 0.246 e. The van der Waals surface area contributed by atoms with Crippen molar-refractivity contribution in [2.45, 2.75) is 25.4 Å². The first-order valence-electron chi connectivity index (χ1n) is 5.56. The first kappa shape index (κ1) is 11.7. The maximum atomic E-state index is 11.6. The molecular formula is C10H15N5O2. The standard InChI is InChI=1S/C10H15N5O2/c1-14-9(16)7-8(10(14)17)11-3-2-5-15-6-4-12-13-15/h4,6,8,11H,2-3,5,7H2,1H3. The van der Waals surface area contributed by atoms with Crippen LogP contribution in [0.15, 0.2) is 12.4 Å². The van der Waals surface area contributed by atoms with Gasteiger partial charge in [0.2, 0.25) is 11.8 Å². The molecule has 1 atom stereocenters. The van der Waals surface area contributed by atoms with Gasteiger partial charge in [0.1, 0.15) is 0 Å². The fourth-order valence-electron chi connectivity index (χ4n) is 1.78. The van der Waals surface area contributed by atoms with Gasteiger partial charge in [-0.3, -0.25) is 19.2 Å². The molecule has 92 valence electrons. The van der Waals surface area contributed by atoms with Gasteiger partial charge in [-0.1, -0.05) is 5.21 Å². The van der Waals surface area contributed by atoms with E-state index in [0.29, 0.717) is 6.54 Å². The van der Waals surface area contributed by atoms with Gasteiger partial charge in [-0.05, 0) is 13.0 Å². The molecule has 7 nitrogen and oxygen atoms in total. The van der Waals surface area contributed by atoms with Crippen LogP contribution < -0.4 is 5.32 Å². The van der Waals surface area contributed by atoms with Gasteiger partial charge in [-0.2, -0.15) is 0 Å². The molecule has 1 saturated heterocycles. The zero-order chi connectivity index (χ0) is 12.3. The van der Waals surface area contributed by atoms with Crippen LogP contribution in [0.1, 0.15) is 12.8 Å². The molecule has 0 aromatic carbocycles. The van der Waals surface area contributed by atoms with Gasteiger partial charge in [0.05, 0.1) is 18.7 Å². The molecule has 0 spiro atoms. The van der Waals surface area contributed by atoms with Crippen molar-refractivity contribution in [3.63, 3.8) is 0 Å². The Morgan fingerprint density at radius 1 is 1.53 bits per heavy atom. The summed E-state index contributed by atoms with van der Waals surface area (Å²) >= 11 is 0. The summed E-state index contributed by atoms with van der Waals surface area (Å²) in [4.78, 5) is 24.0. The molecule has 7 heteroatoms. The normalized spacial score (nSPS) is 20.3. The number of imide groups is 1. The Labute approximate surface area is 98.8 Å². The predicted molar refractivity (Wildman–Crippen MR) is 58.8 cm³/mol. The van der Waals surface area contributed by atoms with Gasteiger partial charge in [-0.25, -0.2) is 0 Å². The van der Waals surface area contributed by atoms with Crippen molar-refractivity contribution < 1.29 is 9.59 Å². The summed E-state index contributed by atoms with van der Waals surface area (Å²) in [7, 11) is 1.52. The first-order valence-corrected chi connectivity index (χ1v) is 5.56. The van der Waals surface area contributed by atoms with Crippen molar-refractivity contribution in [3.05, 3.63) is 12.4 Å². The maximum absolute atomic E-state index is 11.6. The molecular weight excluding hydrogens is 222 g/mol. The van der Waals surface area contributed by atoms with Crippen molar-refractivity contribution in [1.82, 2.24) is 25.2 Å². The minimum atomic E-state index is -0.358. The number of amides is 2. The van der Waals surface area contributed by atoms with Crippen LogP contribution in [-0.2, 0) is 16.1 Å². The van der Waals surface area contributed by atoms with E-state index in [1.807, 2.05) is 0 Å². The second kappa shape index (κ2) is 5.05. The average Bonchev–Trinajstić information content (AvgIpc) is 2.90. The van der Waals surface area contributed by atoms with Gasteiger partial charge in [0.25, 0.3) is 0 Å². The number of likely N-dealkylation sites (tertiary alicyclic amines) is 1. The number of hydrogen-bond acceptors (Lipinski definition) is 5. The number of aryl methyl sites for hydroxylation is 1. The van der Waals surface area contributed by atoms with E-state index in [2.05, 4.69) is 15.6 Å². The molecule has 0 bridgehead atoms. The van der Waals surface area contributed by atoms with E-state index in [1.165, 1.54) is 11.9 Å². The summed E-state index contributed by atoms with van der Waals surface area (Å²) in [5, 5.41) is 10.6. The molecule has 0 aliphatic carbocycles. The van der Waals surface area contributed by atoms with Crippen LogP contribution in [0, 0.1) is 0 Å². The van der Waals surface area contributed by atoms with Crippen molar-refractivity contribution in [3.8, 4) is 0 Å². The lowest BCUT2D eigenvalue weighted by Gasteiger charge is -2.10. The molecule has 1 aliphatic rings. The minimum absolute atomic E-state index is 0.122. The van der Waals surface area contributed by atoms with E-state index in [4.69, 9.17) is 0 Å². The van der Waals surface area contributed by atoms with Gasteiger partial charge in [0, 0.05) is 19.8 Å². The predicted octanol–water partition coefficient (Wildman–Crippen LogP) is -0.985. The molecule has 2 rings (SSSR count). The number of carbonyl (C=O) groups excluding carboxylic acids is 2. The van der Waals surface area contributed by atoms with E-state index in [1.54, 1.807) is 17.1 Å². The van der Waals surface area contributed by atoms with E-state index in [9.17, 15) is 9.59 Å². The fraction of sp³-hybridized carbons (Fsp3) is 0.600. The highest BCUT2D eigenvalue weighted by molar-refractivity contribution is 6.05. The molecule has 2 heterocycles. The van der Waals surface area contributed by atoms with E-state index < -0.39 is 0 Å². The van der Waals surface area contributed by atoms with Crippen molar-refractivity contribution >= 4 is 11.8 Å². The smallest absolute Gasteiger partial charge is 0.246 e. The Balaban J connectivity index is 1.69.